The molecule has 4 rings (SSSR count). The van der Waals surface area contributed by atoms with Crippen LogP contribution in [0, 0.1) is 18.3 Å². The third-order valence-corrected chi connectivity index (χ3v) is 5.63. The number of hydrogen-bond donors (Lipinski definition) is 3. The van der Waals surface area contributed by atoms with Crippen LogP contribution in [0.15, 0.2) is 54.9 Å². The van der Waals surface area contributed by atoms with Gasteiger partial charge < -0.3 is 20.5 Å². The van der Waals surface area contributed by atoms with Gasteiger partial charge in [-0.15, -0.1) is 0 Å². The molecule has 0 aliphatic carbocycles. The molecule has 0 bridgehead atoms. The van der Waals surface area contributed by atoms with E-state index in [-0.39, 0.29) is 22.7 Å². The average molecular weight is 513 g/mol. The van der Waals surface area contributed by atoms with Gasteiger partial charge in [0, 0.05) is 17.2 Å². The molecule has 0 radical (unpaired) electrons. The van der Waals surface area contributed by atoms with E-state index >= 15 is 0 Å². The van der Waals surface area contributed by atoms with Crippen LogP contribution in [-0.4, -0.2) is 32.9 Å². The van der Waals surface area contributed by atoms with Crippen molar-refractivity contribution in [2.24, 2.45) is 0 Å². The van der Waals surface area contributed by atoms with Crippen LogP contribution in [0.2, 0.25) is 0 Å². The third-order valence-electron chi connectivity index (χ3n) is 5.63. The summed E-state index contributed by atoms with van der Waals surface area (Å²) >= 11 is 0. The number of nitrogens with two attached hydrogens (primary N) is 1. The minimum Gasteiger partial charge on any atom is -0.497 e. The van der Waals surface area contributed by atoms with Crippen molar-refractivity contribution in [1.82, 2.24) is 19.7 Å². The summed E-state index contributed by atoms with van der Waals surface area (Å²) in [6, 6.07) is 15.8. The smallest absolute Gasteiger partial charge is 0.324 e. The summed E-state index contributed by atoms with van der Waals surface area (Å²) in [5.41, 5.74) is 8.41. The fourth-order valence-electron chi connectivity index (χ4n) is 3.55. The van der Waals surface area contributed by atoms with Gasteiger partial charge in [-0.1, -0.05) is 20.8 Å². The SMILES string of the molecule is COc1ccc(-n2nc(C(C)(C)C)cc2NC(=O)Nc2ccc(Oc3ncnc(N)c3C#N)c(C)c2)cc1. The lowest BCUT2D eigenvalue weighted by molar-refractivity contribution is 0.262. The number of methoxy groups -OCH3 is 1. The average Bonchev–Trinajstić information content (AvgIpc) is 3.30. The van der Waals surface area contributed by atoms with Gasteiger partial charge in [0.05, 0.1) is 18.5 Å². The summed E-state index contributed by atoms with van der Waals surface area (Å²) in [4.78, 5) is 20.7. The van der Waals surface area contributed by atoms with E-state index in [2.05, 4.69) is 41.4 Å². The quantitative estimate of drug-likeness (QED) is 0.320. The number of carbonyl (C=O) groups excluding carboxylic acids is 1. The normalized spacial score (nSPS) is 10.9. The fourth-order valence-corrected chi connectivity index (χ4v) is 3.55. The number of hydrogen-bond acceptors (Lipinski definition) is 8. The lowest BCUT2D eigenvalue weighted by Gasteiger charge is -2.14. The molecule has 194 valence electrons. The van der Waals surface area contributed by atoms with Crippen molar-refractivity contribution in [3.63, 3.8) is 0 Å². The second-order valence-corrected chi connectivity index (χ2v) is 9.49. The highest BCUT2D eigenvalue weighted by atomic mass is 16.5. The van der Waals surface area contributed by atoms with Gasteiger partial charge in [0.15, 0.2) is 5.56 Å². The van der Waals surface area contributed by atoms with Gasteiger partial charge in [-0.2, -0.15) is 10.4 Å². The Labute approximate surface area is 220 Å². The van der Waals surface area contributed by atoms with Crippen molar-refractivity contribution in [3.05, 3.63) is 71.7 Å². The molecule has 0 unspecified atom stereocenters. The van der Waals surface area contributed by atoms with E-state index in [0.717, 1.165) is 17.1 Å². The van der Waals surface area contributed by atoms with Crippen LogP contribution in [0.4, 0.5) is 22.1 Å². The molecule has 4 N–H and O–H groups in total. The lowest BCUT2D eigenvalue weighted by Crippen LogP contribution is -2.21. The Morgan fingerprint density at radius 1 is 1.08 bits per heavy atom. The molecule has 0 saturated heterocycles. The highest BCUT2D eigenvalue weighted by molar-refractivity contribution is 5.99. The van der Waals surface area contributed by atoms with E-state index in [0.29, 0.717) is 22.8 Å². The summed E-state index contributed by atoms with van der Waals surface area (Å²) in [5.74, 6) is 1.79. The number of nitrogens with one attached hydrogen (secondary N) is 2. The number of carbonyl (C=O) groups is 1. The van der Waals surface area contributed by atoms with Gasteiger partial charge >= 0.3 is 6.03 Å². The molecule has 0 aliphatic heterocycles. The first-order valence-electron chi connectivity index (χ1n) is 11.7. The van der Waals surface area contributed by atoms with Gasteiger partial charge in [-0.25, -0.2) is 19.4 Å². The third kappa shape index (κ3) is 5.65. The van der Waals surface area contributed by atoms with E-state index in [1.165, 1.54) is 6.33 Å². The molecule has 0 spiro atoms. The molecule has 4 aromatic rings. The second-order valence-electron chi connectivity index (χ2n) is 9.49. The number of benzene rings is 2. The zero-order valence-electron chi connectivity index (χ0n) is 21.7. The Balaban J connectivity index is 1.53. The summed E-state index contributed by atoms with van der Waals surface area (Å²) in [5, 5.41) is 19.8. The Morgan fingerprint density at radius 3 is 2.45 bits per heavy atom. The zero-order valence-corrected chi connectivity index (χ0v) is 21.7. The maximum absolute atomic E-state index is 13.0. The van der Waals surface area contributed by atoms with Gasteiger partial charge in [0.2, 0.25) is 5.88 Å². The Hall–Kier alpha value is -5.11. The van der Waals surface area contributed by atoms with Crippen molar-refractivity contribution in [3.8, 4) is 29.1 Å². The molecule has 2 aromatic heterocycles. The number of nitriles is 1. The minimum absolute atomic E-state index is 0.0357. The monoisotopic (exact) mass is 512 g/mol. The summed E-state index contributed by atoms with van der Waals surface area (Å²) in [6.45, 7) is 7.97. The topological polar surface area (TPSA) is 153 Å². The van der Waals surface area contributed by atoms with Crippen LogP contribution in [-0.2, 0) is 5.41 Å². The van der Waals surface area contributed by atoms with Crippen molar-refractivity contribution in [2.75, 3.05) is 23.5 Å². The van der Waals surface area contributed by atoms with Gasteiger partial charge in [0.25, 0.3) is 0 Å². The molecule has 38 heavy (non-hydrogen) atoms. The van der Waals surface area contributed by atoms with E-state index in [4.69, 9.17) is 20.3 Å². The van der Waals surface area contributed by atoms with Crippen molar-refractivity contribution in [1.29, 1.82) is 5.26 Å². The Morgan fingerprint density at radius 2 is 1.82 bits per heavy atom. The van der Waals surface area contributed by atoms with E-state index in [1.807, 2.05) is 43.3 Å². The molecule has 0 saturated carbocycles. The highest BCUT2D eigenvalue weighted by Gasteiger charge is 2.22. The van der Waals surface area contributed by atoms with Crippen LogP contribution in [0.25, 0.3) is 5.69 Å². The Bertz CT molecular complexity index is 1520. The van der Waals surface area contributed by atoms with Crippen LogP contribution in [0.1, 0.15) is 37.6 Å². The number of rotatable bonds is 6. The van der Waals surface area contributed by atoms with Crippen molar-refractivity contribution < 1.29 is 14.3 Å². The minimum atomic E-state index is -0.441. The number of aryl methyl sites for hydroxylation is 1. The second kappa shape index (κ2) is 10.5. The number of nitrogens with zero attached hydrogens (tertiary/aromatic N) is 5. The van der Waals surface area contributed by atoms with Crippen LogP contribution < -0.4 is 25.8 Å². The largest absolute Gasteiger partial charge is 0.497 e. The van der Waals surface area contributed by atoms with Crippen LogP contribution >= 0.6 is 0 Å². The molecule has 0 aliphatic rings. The predicted octanol–water partition coefficient (Wildman–Crippen LogP) is 5.17. The van der Waals surface area contributed by atoms with Crippen molar-refractivity contribution in [2.45, 2.75) is 33.1 Å². The summed E-state index contributed by atoms with van der Waals surface area (Å²) in [6.07, 6.45) is 1.23. The molecule has 2 heterocycles. The number of anilines is 3. The Kier molecular flexibility index (Phi) is 7.16. The molecule has 11 nitrogen and oxygen atoms in total. The molecule has 11 heteroatoms. The van der Waals surface area contributed by atoms with Crippen LogP contribution in [0.5, 0.6) is 17.4 Å². The number of ether oxygens (including phenoxy) is 2. The molecule has 2 amide bonds. The van der Waals surface area contributed by atoms with E-state index in [1.54, 1.807) is 30.0 Å². The predicted molar refractivity (Wildman–Crippen MR) is 144 cm³/mol. The van der Waals surface area contributed by atoms with Gasteiger partial charge in [0.1, 0.15) is 35.5 Å². The molecule has 2 aromatic carbocycles. The highest BCUT2D eigenvalue weighted by Crippen LogP contribution is 2.30. The first-order chi connectivity index (χ1) is 18.1. The maximum Gasteiger partial charge on any atom is 0.324 e. The maximum atomic E-state index is 13.0. The van der Waals surface area contributed by atoms with Crippen molar-refractivity contribution >= 4 is 23.4 Å². The number of aromatic nitrogens is 4. The standard InChI is InChI=1S/C27H28N8O3/c1-16-12-17(6-11-21(16)38-25-20(14-28)24(29)30-15-31-25)32-26(36)33-23-13-22(27(2,3)4)34-35(23)18-7-9-19(37-5)10-8-18/h6-13,15H,1-5H3,(H2,29,30,31)(H2,32,33,36). The van der Waals surface area contributed by atoms with Gasteiger partial charge in [-0.05, 0) is 55.0 Å². The van der Waals surface area contributed by atoms with Gasteiger partial charge in [-0.3, -0.25) is 5.32 Å². The molecule has 0 atom stereocenters. The zero-order chi connectivity index (χ0) is 27.4. The van der Waals surface area contributed by atoms with E-state index in [9.17, 15) is 10.1 Å². The molecular formula is C27H28N8O3. The lowest BCUT2D eigenvalue weighted by atomic mass is 9.92. The van der Waals surface area contributed by atoms with Crippen LogP contribution in [0.3, 0.4) is 0 Å². The first kappa shape index (κ1) is 26.0. The molecular weight excluding hydrogens is 484 g/mol. The summed E-state index contributed by atoms with van der Waals surface area (Å²) in [7, 11) is 1.60. The number of nitrogen functional groups attached to an aromatic ring is 1. The number of amides is 2. The van der Waals surface area contributed by atoms with E-state index < -0.39 is 6.03 Å². The fraction of sp³-hybridized carbons (Fsp3) is 0.222. The summed E-state index contributed by atoms with van der Waals surface area (Å²) < 4.78 is 12.7. The first-order valence-corrected chi connectivity index (χ1v) is 11.7. The molecule has 0 fully saturated rings. The number of urea groups is 1.